The number of carbonyl (C=O) groups excluding carboxylic acids is 1. The number of ether oxygens (including phenoxy) is 2. The predicted octanol–water partition coefficient (Wildman–Crippen LogP) is 3.63. The van der Waals surface area contributed by atoms with Crippen LogP contribution < -0.4 is 20.4 Å². The number of carbonyl (C=O) groups is 1. The van der Waals surface area contributed by atoms with Crippen LogP contribution in [0, 0.1) is 0 Å². The van der Waals surface area contributed by atoms with Crippen LogP contribution in [0.5, 0.6) is 11.5 Å². The molecule has 1 aliphatic rings. The Kier molecular flexibility index (Phi) is 6.90. The second kappa shape index (κ2) is 9.86. The van der Waals surface area contributed by atoms with Gasteiger partial charge in [-0.2, -0.15) is 4.31 Å². The Balaban J connectivity index is 1.68. The van der Waals surface area contributed by atoms with Crippen LogP contribution in [-0.4, -0.2) is 45.9 Å². The summed E-state index contributed by atoms with van der Waals surface area (Å²) in [5.41, 5.74) is -0.714. The van der Waals surface area contributed by atoms with E-state index in [9.17, 15) is 18.0 Å². The van der Waals surface area contributed by atoms with Gasteiger partial charge in [0.05, 0.1) is 24.8 Å². The molecule has 9 nitrogen and oxygen atoms in total. The highest BCUT2D eigenvalue weighted by Gasteiger charge is 2.27. The number of sulfonamides is 1. The molecule has 180 valence electrons. The number of nitrogens with one attached hydrogen (secondary N) is 1. The van der Waals surface area contributed by atoms with Crippen molar-refractivity contribution in [3.63, 3.8) is 0 Å². The van der Waals surface area contributed by atoms with E-state index in [0.29, 0.717) is 24.2 Å². The van der Waals surface area contributed by atoms with Gasteiger partial charge in [0.1, 0.15) is 11.3 Å². The third-order valence-electron chi connectivity index (χ3n) is 5.81. The zero-order chi connectivity index (χ0) is 24.3. The highest BCUT2D eigenvalue weighted by Crippen LogP contribution is 2.30. The third kappa shape index (κ3) is 4.64. The molecule has 1 saturated heterocycles. The molecule has 0 bridgehead atoms. The lowest BCUT2D eigenvalue weighted by atomic mass is 10.1. The molecule has 0 atom stereocenters. The summed E-state index contributed by atoms with van der Waals surface area (Å²) < 4.78 is 43.7. The molecule has 34 heavy (non-hydrogen) atoms. The third-order valence-corrected chi connectivity index (χ3v) is 7.71. The summed E-state index contributed by atoms with van der Waals surface area (Å²) in [5.74, 6) is -0.120. The standard InChI is InChI=1S/C24H26N2O7S/c1-31-20-11-10-17(34(29,30)26-12-5-3-4-6-13-26)15-19(20)25-23(27)18-14-16-8-7-9-21(32-2)22(16)33-24(18)28/h7-11,14-15H,3-6,12-13H2,1-2H3,(H,25,27). The first kappa shape index (κ1) is 23.8. The van der Waals surface area contributed by atoms with Crippen LogP contribution in [0.3, 0.4) is 0 Å². The molecule has 2 heterocycles. The highest BCUT2D eigenvalue weighted by atomic mass is 32.2. The molecular formula is C24H26N2O7S. The lowest BCUT2D eigenvalue weighted by Gasteiger charge is -2.21. The number of hydrogen-bond donors (Lipinski definition) is 1. The molecule has 0 radical (unpaired) electrons. The lowest BCUT2D eigenvalue weighted by molar-refractivity contribution is 0.102. The summed E-state index contributed by atoms with van der Waals surface area (Å²) in [5, 5.41) is 3.11. The molecule has 10 heteroatoms. The normalized spacial score (nSPS) is 15.0. The fourth-order valence-corrected chi connectivity index (χ4v) is 5.55. The molecule has 1 N–H and O–H groups in total. The van der Waals surface area contributed by atoms with Crippen LogP contribution in [0.4, 0.5) is 5.69 Å². The van der Waals surface area contributed by atoms with Crippen molar-refractivity contribution in [3.05, 3.63) is 58.4 Å². The average Bonchev–Trinajstić information content (AvgIpc) is 3.13. The Morgan fingerprint density at radius 2 is 1.68 bits per heavy atom. The minimum Gasteiger partial charge on any atom is -0.495 e. The molecule has 3 aromatic rings. The zero-order valence-corrected chi connectivity index (χ0v) is 19.8. The van der Waals surface area contributed by atoms with Crippen molar-refractivity contribution < 1.29 is 27.1 Å². The Bertz CT molecular complexity index is 1370. The largest absolute Gasteiger partial charge is 0.495 e. The van der Waals surface area contributed by atoms with Crippen molar-refractivity contribution in [3.8, 4) is 11.5 Å². The van der Waals surface area contributed by atoms with Crippen molar-refractivity contribution in [2.75, 3.05) is 32.6 Å². The van der Waals surface area contributed by atoms with E-state index in [1.54, 1.807) is 18.2 Å². The number of rotatable bonds is 6. The monoisotopic (exact) mass is 486 g/mol. The van der Waals surface area contributed by atoms with E-state index in [1.165, 1.54) is 42.8 Å². The molecule has 0 spiro atoms. The fraction of sp³-hybridized carbons (Fsp3) is 0.333. The summed E-state index contributed by atoms with van der Waals surface area (Å²) in [7, 11) is -0.886. The van der Waals surface area contributed by atoms with Gasteiger partial charge in [0.25, 0.3) is 5.91 Å². The smallest absolute Gasteiger partial charge is 0.349 e. The quantitative estimate of drug-likeness (QED) is 0.529. The fourth-order valence-electron chi connectivity index (χ4n) is 4.00. The number of para-hydroxylation sites is 1. The van der Waals surface area contributed by atoms with E-state index >= 15 is 0 Å². The minimum atomic E-state index is -3.75. The maximum Gasteiger partial charge on any atom is 0.349 e. The molecule has 1 aromatic heterocycles. The van der Waals surface area contributed by atoms with E-state index in [0.717, 1.165) is 25.7 Å². The Labute approximate surface area is 197 Å². The SMILES string of the molecule is COc1ccc(S(=O)(=O)N2CCCCCC2)cc1NC(=O)c1cc2cccc(OC)c2oc1=O. The summed E-state index contributed by atoms with van der Waals surface area (Å²) in [6.45, 7) is 0.912. The van der Waals surface area contributed by atoms with E-state index in [1.807, 2.05) is 0 Å². The summed E-state index contributed by atoms with van der Waals surface area (Å²) in [4.78, 5) is 25.6. The van der Waals surface area contributed by atoms with Crippen molar-refractivity contribution in [2.45, 2.75) is 30.6 Å². The van der Waals surface area contributed by atoms with Gasteiger partial charge in [-0.1, -0.05) is 25.0 Å². The highest BCUT2D eigenvalue weighted by molar-refractivity contribution is 7.89. The van der Waals surface area contributed by atoms with Gasteiger partial charge in [-0.3, -0.25) is 4.79 Å². The zero-order valence-electron chi connectivity index (χ0n) is 19.0. The van der Waals surface area contributed by atoms with Gasteiger partial charge in [-0.25, -0.2) is 13.2 Å². The first-order valence-electron chi connectivity index (χ1n) is 11.0. The van der Waals surface area contributed by atoms with E-state index in [4.69, 9.17) is 13.9 Å². The molecule has 0 saturated carbocycles. The molecule has 2 aromatic carbocycles. The Hall–Kier alpha value is -3.37. The lowest BCUT2D eigenvalue weighted by Crippen LogP contribution is -2.32. The Morgan fingerprint density at radius 3 is 2.35 bits per heavy atom. The number of amides is 1. The molecule has 0 unspecified atom stereocenters. The van der Waals surface area contributed by atoms with Gasteiger partial charge in [-0.05, 0) is 43.2 Å². The maximum absolute atomic E-state index is 13.2. The number of anilines is 1. The summed E-state index contributed by atoms with van der Waals surface area (Å²) in [6.07, 6.45) is 3.61. The van der Waals surface area contributed by atoms with Crippen LogP contribution >= 0.6 is 0 Å². The topological polar surface area (TPSA) is 115 Å². The number of hydrogen-bond acceptors (Lipinski definition) is 7. The molecule has 1 fully saturated rings. The van der Waals surface area contributed by atoms with Gasteiger partial charge in [0.2, 0.25) is 10.0 Å². The van der Waals surface area contributed by atoms with Crippen molar-refractivity contribution in [2.24, 2.45) is 0 Å². The Morgan fingerprint density at radius 1 is 0.971 bits per heavy atom. The average molecular weight is 487 g/mol. The van der Waals surface area contributed by atoms with Crippen LogP contribution in [0.1, 0.15) is 36.0 Å². The molecule has 4 rings (SSSR count). The van der Waals surface area contributed by atoms with Crippen molar-refractivity contribution >= 4 is 32.6 Å². The van der Waals surface area contributed by atoms with E-state index in [2.05, 4.69) is 5.32 Å². The molecule has 1 aliphatic heterocycles. The van der Waals surface area contributed by atoms with Crippen LogP contribution in [0.15, 0.2) is 56.6 Å². The maximum atomic E-state index is 13.2. The van der Waals surface area contributed by atoms with Gasteiger partial charge in [-0.15, -0.1) is 0 Å². The van der Waals surface area contributed by atoms with E-state index in [-0.39, 0.29) is 27.5 Å². The first-order valence-corrected chi connectivity index (χ1v) is 12.4. The molecule has 0 aliphatic carbocycles. The van der Waals surface area contributed by atoms with Gasteiger partial charge in [0.15, 0.2) is 11.3 Å². The van der Waals surface area contributed by atoms with Crippen LogP contribution in [-0.2, 0) is 10.0 Å². The first-order chi connectivity index (χ1) is 16.3. The summed E-state index contributed by atoms with van der Waals surface area (Å²) >= 11 is 0. The second-order valence-corrected chi connectivity index (χ2v) is 9.90. The van der Waals surface area contributed by atoms with Gasteiger partial charge in [0, 0.05) is 18.5 Å². The summed E-state index contributed by atoms with van der Waals surface area (Å²) in [6, 6.07) is 10.7. The number of methoxy groups -OCH3 is 2. The van der Waals surface area contributed by atoms with Gasteiger partial charge < -0.3 is 19.2 Å². The minimum absolute atomic E-state index is 0.0424. The van der Waals surface area contributed by atoms with Crippen LogP contribution in [0.2, 0.25) is 0 Å². The van der Waals surface area contributed by atoms with Crippen molar-refractivity contribution in [1.82, 2.24) is 4.31 Å². The van der Waals surface area contributed by atoms with Gasteiger partial charge >= 0.3 is 5.63 Å². The predicted molar refractivity (Wildman–Crippen MR) is 127 cm³/mol. The molecular weight excluding hydrogens is 460 g/mol. The van der Waals surface area contributed by atoms with Crippen LogP contribution in [0.25, 0.3) is 11.0 Å². The second-order valence-electron chi connectivity index (χ2n) is 7.96. The molecule has 1 amide bonds. The number of fused-ring (bicyclic) bond motifs is 1. The van der Waals surface area contributed by atoms with E-state index < -0.39 is 21.6 Å². The van der Waals surface area contributed by atoms with Crippen molar-refractivity contribution in [1.29, 1.82) is 0 Å². The number of benzene rings is 2. The number of nitrogens with zero attached hydrogens (tertiary/aromatic N) is 1.